The van der Waals surface area contributed by atoms with Gasteiger partial charge in [-0.05, 0) is 42.8 Å². The minimum Gasteiger partial charge on any atom is -0.312 e. The van der Waals surface area contributed by atoms with Crippen LogP contribution in [0.25, 0.3) is 0 Å². The third-order valence-corrected chi connectivity index (χ3v) is 3.67. The van der Waals surface area contributed by atoms with Crippen LogP contribution in [0.4, 0.5) is 4.39 Å². The van der Waals surface area contributed by atoms with E-state index in [-0.39, 0.29) is 5.82 Å². The Bertz CT molecular complexity index is 680. The summed E-state index contributed by atoms with van der Waals surface area (Å²) in [6, 6.07) is 11.8. The maximum absolute atomic E-state index is 13.7. The fourth-order valence-corrected chi connectivity index (χ4v) is 2.43. The monoisotopic (exact) mass is 322 g/mol. The molecule has 21 heavy (non-hydrogen) atoms. The van der Waals surface area contributed by atoms with E-state index in [9.17, 15) is 4.39 Å². The van der Waals surface area contributed by atoms with Gasteiger partial charge in [0, 0.05) is 22.2 Å². The van der Waals surface area contributed by atoms with E-state index in [1.807, 2.05) is 12.1 Å². The van der Waals surface area contributed by atoms with Crippen LogP contribution in [0.15, 0.2) is 36.4 Å². The number of hydrogen-bond donors (Lipinski definition) is 1. The van der Waals surface area contributed by atoms with Gasteiger partial charge in [-0.1, -0.05) is 35.3 Å². The number of nitrogens with one attached hydrogen (secondary N) is 1. The molecule has 0 aromatic heterocycles. The van der Waals surface area contributed by atoms with E-state index in [0.29, 0.717) is 34.3 Å². The van der Waals surface area contributed by atoms with E-state index < -0.39 is 0 Å². The summed E-state index contributed by atoms with van der Waals surface area (Å²) < 4.78 is 13.7. The molecule has 0 spiro atoms. The molecule has 0 atom stereocenters. The van der Waals surface area contributed by atoms with Gasteiger partial charge < -0.3 is 5.32 Å². The van der Waals surface area contributed by atoms with Gasteiger partial charge in [0.05, 0.1) is 11.6 Å². The van der Waals surface area contributed by atoms with E-state index in [2.05, 4.69) is 5.32 Å². The molecule has 0 unspecified atom stereocenters. The molecule has 0 heterocycles. The van der Waals surface area contributed by atoms with Crippen LogP contribution in [0, 0.1) is 17.1 Å². The van der Waals surface area contributed by atoms with E-state index in [1.54, 1.807) is 24.3 Å². The van der Waals surface area contributed by atoms with E-state index in [4.69, 9.17) is 28.5 Å². The predicted octanol–water partition coefficient (Wildman–Crippen LogP) is 4.34. The summed E-state index contributed by atoms with van der Waals surface area (Å²) in [6.45, 7) is 1.07. The van der Waals surface area contributed by atoms with Crippen LogP contribution in [-0.2, 0) is 13.0 Å². The van der Waals surface area contributed by atoms with Gasteiger partial charge in [-0.25, -0.2) is 4.39 Å². The van der Waals surface area contributed by atoms with Crippen molar-refractivity contribution in [2.45, 2.75) is 13.0 Å². The fourth-order valence-electron chi connectivity index (χ4n) is 1.93. The molecule has 2 rings (SSSR count). The van der Waals surface area contributed by atoms with Crippen LogP contribution >= 0.6 is 23.2 Å². The predicted molar refractivity (Wildman–Crippen MR) is 83.0 cm³/mol. The Labute approximate surface area is 133 Å². The fraction of sp³-hybridized carbons (Fsp3) is 0.188. The molecule has 0 aliphatic heterocycles. The Balaban J connectivity index is 1.86. The van der Waals surface area contributed by atoms with Gasteiger partial charge in [-0.15, -0.1) is 0 Å². The van der Waals surface area contributed by atoms with Crippen molar-refractivity contribution in [3.63, 3.8) is 0 Å². The van der Waals surface area contributed by atoms with Crippen LogP contribution in [0.3, 0.4) is 0 Å². The average Bonchev–Trinajstić information content (AvgIpc) is 2.46. The molecule has 2 nitrogen and oxygen atoms in total. The lowest BCUT2D eigenvalue weighted by molar-refractivity contribution is 0.588. The van der Waals surface area contributed by atoms with Crippen LogP contribution in [-0.4, -0.2) is 6.54 Å². The van der Waals surface area contributed by atoms with Gasteiger partial charge in [0.15, 0.2) is 0 Å². The lowest BCUT2D eigenvalue weighted by Crippen LogP contribution is -2.17. The van der Waals surface area contributed by atoms with E-state index >= 15 is 0 Å². The first-order valence-corrected chi connectivity index (χ1v) is 7.19. The maximum atomic E-state index is 13.7. The molecule has 0 aliphatic rings. The van der Waals surface area contributed by atoms with Gasteiger partial charge in [0.25, 0.3) is 0 Å². The lowest BCUT2D eigenvalue weighted by atomic mass is 10.1. The molecule has 0 saturated carbocycles. The molecular formula is C16H13Cl2FN2. The van der Waals surface area contributed by atoms with Crippen molar-refractivity contribution in [1.29, 1.82) is 5.26 Å². The van der Waals surface area contributed by atoms with Gasteiger partial charge in [-0.2, -0.15) is 5.26 Å². The quantitative estimate of drug-likeness (QED) is 0.831. The summed E-state index contributed by atoms with van der Waals surface area (Å²) in [4.78, 5) is 0. The van der Waals surface area contributed by atoms with Crippen LogP contribution in [0.1, 0.15) is 16.7 Å². The molecule has 2 aromatic carbocycles. The molecule has 108 valence electrons. The molecule has 1 N–H and O–H groups in total. The number of halogens is 3. The Morgan fingerprint density at radius 2 is 1.86 bits per heavy atom. The normalized spacial score (nSPS) is 10.4. The summed E-state index contributed by atoms with van der Waals surface area (Å²) in [6.07, 6.45) is 0.730. The number of nitriles is 1. The first kappa shape index (κ1) is 15.8. The molecule has 0 fully saturated rings. The van der Waals surface area contributed by atoms with Gasteiger partial charge in [-0.3, -0.25) is 0 Å². The minimum atomic E-state index is -0.369. The van der Waals surface area contributed by atoms with Crippen molar-refractivity contribution in [2.24, 2.45) is 0 Å². The SMILES string of the molecule is N#Cc1ccc(CNCCc2ccc(Cl)cc2Cl)c(F)c1. The average molecular weight is 323 g/mol. The molecule has 0 amide bonds. The van der Waals surface area contributed by atoms with Crippen molar-refractivity contribution >= 4 is 23.2 Å². The van der Waals surface area contributed by atoms with Crippen molar-refractivity contribution in [3.05, 3.63) is 69.0 Å². The lowest BCUT2D eigenvalue weighted by Gasteiger charge is -2.08. The Morgan fingerprint density at radius 1 is 1.10 bits per heavy atom. The third kappa shape index (κ3) is 4.44. The summed E-state index contributed by atoms with van der Waals surface area (Å²) in [5, 5.41) is 13.1. The highest BCUT2D eigenvalue weighted by Gasteiger charge is 2.04. The number of hydrogen-bond acceptors (Lipinski definition) is 2. The number of benzene rings is 2. The Kier molecular flexibility index (Phi) is 5.58. The van der Waals surface area contributed by atoms with Crippen LogP contribution in [0.5, 0.6) is 0 Å². The van der Waals surface area contributed by atoms with Crippen LogP contribution < -0.4 is 5.32 Å². The third-order valence-electron chi connectivity index (χ3n) is 3.08. The zero-order valence-electron chi connectivity index (χ0n) is 11.2. The first-order valence-electron chi connectivity index (χ1n) is 6.43. The van der Waals surface area contributed by atoms with Crippen molar-refractivity contribution in [2.75, 3.05) is 6.54 Å². The molecule has 0 saturated heterocycles. The molecular weight excluding hydrogens is 310 g/mol. The Morgan fingerprint density at radius 3 is 2.52 bits per heavy atom. The summed E-state index contributed by atoms with van der Waals surface area (Å²) in [5.74, 6) is -0.369. The van der Waals surface area contributed by atoms with Crippen molar-refractivity contribution < 1.29 is 4.39 Å². The molecule has 5 heteroatoms. The zero-order chi connectivity index (χ0) is 15.2. The van der Waals surface area contributed by atoms with Crippen molar-refractivity contribution in [1.82, 2.24) is 5.32 Å². The Hall–Kier alpha value is -1.60. The second-order valence-corrected chi connectivity index (χ2v) is 5.42. The molecule has 0 radical (unpaired) electrons. The second-order valence-electron chi connectivity index (χ2n) is 4.58. The van der Waals surface area contributed by atoms with Gasteiger partial charge in [0.1, 0.15) is 5.82 Å². The zero-order valence-corrected chi connectivity index (χ0v) is 12.7. The maximum Gasteiger partial charge on any atom is 0.129 e. The summed E-state index contributed by atoms with van der Waals surface area (Å²) in [7, 11) is 0. The molecule has 0 bridgehead atoms. The standard InChI is InChI=1S/C16H13Cl2FN2/c17-14-4-3-12(15(18)8-14)5-6-21-10-13-2-1-11(9-20)7-16(13)19/h1-4,7-8,21H,5-6,10H2. The first-order chi connectivity index (χ1) is 10.1. The second kappa shape index (κ2) is 7.42. The highest BCUT2D eigenvalue weighted by molar-refractivity contribution is 6.35. The van der Waals surface area contributed by atoms with Gasteiger partial charge in [0.2, 0.25) is 0 Å². The van der Waals surface area contributed by atoms with E-state index in [0.717, 1.165) is 12.0 Å². The van der Waals surface area contributed by atoms with Gasteiger partial charge >= 0.3 is 0 Å². The largest absolute Gasteiger partial charge is 0.312 e. The summed E-state index contributed by atoms with van der Waals surface area (Å²) in [5.41, 5.74) is 1.86. The highest BCUT2D eigenvalue weighted by atomic mass is 35.5. The topological polar surface area (TPSA) is 35.8 Å². The highest BCUT2D eigenvalue weighted by Crippen LogP contribution is 2.21. The van der Waals surface area contributed by atoms with Crippen molar-refractivity contribution in [3.8, 4) is 6.07 Å². The number of nitrogens with zero attached hydrogens (tertiary/aromatic N) is 1. The van der Waals surface area contributed by atoms with Crippen LogP contribution in [0.2, 0.25) is 10.0 Å². The number of rotatable bonds is 5. The molecule has 2 aromatic rings. The molecule has 0 aliphatic carbocycles. The minimum absolute atomic E-state index is 0.323. The summed E-state index contributed by atoms with van der Waals surface area (Å²) >= 11 is 11.9. The van der Waals surface area contributed by atoms with E-state index in [1.165, 1.54) is 6.07 Å². The smallest absolute Gasteiger partial charge is 0.129 e.